The van der Waals surface area contributed by atoms with Crippen LogP contribution in [0.5, 0.6) is 0 Å². The van der Waals surface area contributed by atoms with Crippen LogP contribution in [0.1, 0.15) is 32.1 Å². The lowest BCUT2D eigenvalue weighted by Crippen LogP contribution is -2.49. The molecule has 0 bridgehead atoms. The van der Waals surface area contributed by atoms with Crippen LogP contribution in [0, 0.1) is 5.41 Å². The van der Waals surface area contributed by atoms with Crippen LogP contribution < -0.4 is 5.32 Å². The van der Waals surface area contributed by atoms with Crippen LogP contribution in [-0.2, 0) is 19.6 Å². The molecule has 2 aliphatic rings. The van der Waals surface area contributed by atoms with E-state index in [-0.39, 0.29) is 18.2 Å². The maximum absolute atomic E-state index is 12.1. The van der Waals surface area contributed by atoms with Gasteiger partial charge in [0.1, 0.15) is 0 Å². The molecule has 1 aliphatic carbocycles. The van der Waals surface area contributed by atoms with Gasteiger partial charge in [-0.3, -0.25) is 4.79 Å². The number of rotatable bonds is 7. The van der Waals surface area contributed by atoms with E-state index in [0.29, 0.717) is 19.7 Å². The number of hydrogen-bond acceptors (Lipinski definition) is 4. The Morgan fingerprint density at radius 2 is 1.90 bits per heavy atom. The molecule has 0 aromatic heterocycles. The topological polar surface area (TPSA) is 75.7 Å². The van der Waals surface area contributed by atoms with Crippen LogP contribution in [0.3, 0.4) is 0 Å². The molecular weight excluding hydrogens is 280 g/mol. The van der Waals surface area contributed by atoms with Gasteiger partial charge in [0.2, 0.25) is 15.9 Å². The fourth-order valence-corrected chi connectivity index (χ4v) is 4.33. The second kappa shape index (κ2) is 6.41. The molecule has 2 rings (SSSR count). The molecule has 20 heavy (non-hydrogen) atoms. The lowest BCUT2D eigenvalue weighted by molar-refractivity contribution is -0.140. The van der Waals surface area contributed by atoms with Gasteiger partial charge in [-0.25, -0.2) is 12.7 Å². The lowest BCUT2D eigenvalue weighted by Gasteiger charge is -2.39. The van der Waals surface area contributed by atoms with Crippen molar-refractivity contribution in [2.24, 2.45) is 5.41 Å². The predicted molar refractivity (Wildman–Crippen MR) is 75.8 cm³/mol. The molecule has 1 aliphatic heterocycles. The predicted octanol–water partition coefficient (Wildman–Crippen LogP) is 0.345. The Kier molecular flexibility index (Phi) is 5.04. The number of nitrogens with one attached hydrogen (secondary N) is 1. The third-order valence-electron chi connectivity index (χ3n) is 4.32. The largest absolute Gasteiger partial charge is 0.384 e. The zero-order valence-electron chi connectivity index (χ0n) is 12.1. The summed E-state index contributed by atoms with van der Waals surface area (Å²) in [4.78, 5) is 12.1. The SMILES string of the molecule is COCC1(C(=O)NCCS(=O)(=O)N2CCCC2)CCC1. The molecule has 1 saturated carbocycles. The quantitative estimate of drug-likeness (QED) is 0.736. The van der Waals surface area contributed by atoms with Crippen LogP contribution in [0.15, 0.2) is 0 Å². The Labute approximate surface area is 120 Å². The Balaban J connectivity index is 1.79. The molecule has 6 nitrogen and oxygen atoms in total. The van der Waals surface area contributed by atoms with Crippen molar-refractivity contribution < 1.29 is 17.9 Å². The van der Waals surface area contributed by atoms with Crippen molar-refractivity contribution in [3.8, 4) is 0 Å². The van der Waals surface area contributed by atoms with Gasteiger partial charge in [0.15, 0.2) is 0 Å². The second-order valence-electron chi connectivity index (χ2n) is 5.74. The summed E-state index contributed by atoms with van der Waals surface area (Å²) in [5.41, 5.74) is -0.424. The number of sulfonamides is 1. The maximum Gasteiger partial charge on any atom is 0.228 e. The van der Waals surface area contributed by atoms with Gasteiger partial charge in [0.05, 0.1) is 17.8 Å². The maximum atomic E-state index is 12.1. The minimum absolute atomic E-state index is 0.0121. The Hall–Kier alpha value is -0.660. The molecule has 0 spiro atoms. The Morgan fingerprint density at radius 1 is 1.25 bits per heavy atom. The highest BCUT2D eigenvalue weighted by Crippen LogP contribution is 2.41. The van der Waals surface area contributed by atoms with E-state index in [1.54, 1.807) is 7.11 Å². The molecule has 2 fully saturated rings. The zero-order chi connectivity index (χ0) is 14.6. The summed E-state index contributed by atoms with van der Waals surface area (Å²) in [5.74, 6) is -0.0795. The lowest BCUT2D eigenvalue weighted by atomic mass is 9.68. The molecule has 0 aromatic carbocycles. The van der Waals surface area contributed by atoms with E-state index < -0.39 is 15.4 Å². The van der Waals surface area contributed by atoms with Crippen LogP contribution in [-0.4, -0.2) is 57.7 Å². The monoisotopic (exact) mass is 304 g/mol. The molecule has 1 heterocycles. The van der Waals surface area contributed by atoms with E-state index >= 15 is 0 Å². The highest BCUT2D eigenvalue weighted by molar-refractivity contribution is 7.89. The van der Waals surface area contributed by atoms with Gasteiger partial charge in [0, 0.05) is 26.7 Å². The van der Waals surface area contributed by atoms with Gasteiger partial charge in [-0.2, -0.15) is 0 Å². The third-order valence-corrected chi connectivity index (χ3v) is 6.19. The second-order valence-corrected chi connectivity index (χ2v) is 7.83. The van der Waals surface area contributed by atoms with Crippen molar-refractivity contribution in [2.45, 2.75) is 32.1 Å². The van der Waals surface area contributed by atoms with Crippen LogP contribution in [0.4, 0.5) is 0 Å². The van der Waals surface area contributed by atoms with E-state index in [2.05, 4.69) is 5.32 Å². The number of methoxy groups -OCH3 is 1. The molecule has 1 N–H and O–H groups in total. The highest BCUT2D eigenvalue weighted by Gasteiger charge is 2.44. The van der Waals surface area contributed by atoms with Crippen molar-refractivity contribution in [1.29, 1.82) is 0 Å². The summed E-state index contributed by atoms with van der Waals surface area (Å²) < 4.78 is 30.7. The van der Waals surface area contributed by atoms with Crippen molar-refractivity contribution in [3.05, 3.63) is 0 Å². The van der Waals surface area contributed by atoms with Crippen molar-refractivity contribution in [2.75, 3.05) is 39.1 Å². The van der Waals surface area contributed by atoms with Crippen molar-refractivity contribution in [1.82, 2.24) is 9.62 Å². The highest BCUT2D eigenvalue weighted by atomic mass is 32.2. The molecule has 116 valence electrons. The number of hydrogen-bond donors (Lipinski definition) is 1. The minimum atomic E-state index is -3.21. The van der Waals surface area contributed by atoms with E-state index in [1.807, 2.05) is 0 Å². The average Bonchev–Trinajstić information content (AvgIpc) is 2.87. The molecule has 1 amide bonds. The number of ether oxygens (including phenoxy) is 1. The number of carbonyl (C=O) groups is 1. The summed E-state index contributed by atoms with van der Waals surface area (Å²) in [6, 6.07) is 0. The fourth-order valence-electron chi connectivity index (χ4n) is 2.89. The van der Waals surface area contributed by atoms with Gasteiger partial charge in [-0.15, -0.1) is 0 Å². The molecule has 0 unspecified atom stereocenters. The van der Waals surface area contributed by atoms with Gasteiger partial charge in [-0.05, 0) is 25.7 Å². The van der Waals surface area contributed by atoms with Gasteiger partial charge in [0.25, 0.3) is 0 Å². The summed E-state index contributed by atoms with van der Waals surface area (Å²) in [5, 5.41) is 2.77. The van der Waals surface area contributed by atoms with E-state index in [0.717, 1.165) is 32.1 Å². The number of carbonyl (C=O) groups excluding carboxylic acids is 1. The van der Waals surface area contributed by atoms with E-state index in [4.69, 9.17) is 4.74 Å². The standard InChI is InChI=1S/C13H24N2O4S/c1-19-11-13(5-4-6-13)12(16)14-7-10-20(17,18)15-8-2-3-9-15/h2-11H2,1H3,(H,14,16). The Bertz CT molecular complexity index is 439. The van der Waals surface area contributed by atoms with Crippen molar-refractivity contribution >= 4 is 15.9 Å². The first-order valence-electron chi connectivity index (χ1n) is 7.25. The molecular formula is C13H24N2O4S. The number of amides is 1. The number of nitrogens with zero attached hydrogens (tertiary/aromatic N) is 1. The van der Waals surface area contributed by atoms with Crippen LogP contribution in [0.2, 0.25) is 0 Å². The van der Waals surface area contributed by atoms with Gasteiger partial charge < -0.3 is 10.1 Å². The molecule has 0 aromatic rings. The normalized spacial score (nSPS) is 22.4. The first-order valence-corrected chi connectivity index (χ1v) is 8.86. The summed E-state index contributed by atoms with van der Waals surface area (Å²) in [7, 11) is -1.63. The van der Waals surface area contributed by atoms with E-state index in [1.165, 1.54) is 4.31 Å². The molecule has 1 saturated heterocycles. The van der Waals surface area contributed by atoms with Crippen LogP contribution >= 0.6 is 0 Å². The molecule has 7 heteroatoms. The zero-order valence-corrected chi connectivity index (χ0v) is 12.9. The van der Waals surface area contributed by atoms with Crippen LogP contribution in [0.25, 0.3) is 0 Å². The van der Waals surface area contributed by atoms with Gasteiger partial charge >= 0.3 is 0 Å². The molecule has 0 radical (unpaired) electrons. The van der Waals surface area contributed by atoms with Gasteiger partial charge in [-0.1, -0.05) is 6.42 Å². The fraction of sp³-hybridized carbons (Fsp3) is 0.923. The van der Waals surface area contributed by atoms with E-state index in [9.17, 15) is 13.2 Å². The summed E-state index contributed by atoms with van der Waals surface area (Å²) in [6.45, 7) is 1.83. The minimum Gasteiger partial charge on any atom is -0.384 e. The first-order chi connectivity index (χ1) is 9.50. The summed E-state index contributed by atoms with van der Waals surface area (Å²) >= 11 is 0. The smallest absolute Gasteiger partial charge is 0.228 e. The summed E-state index contributed by atoms with van der Waals surface area (Å²) in [6.07, 6.45) is 4.55. The first kappa shape index (κ1) is 15.7. The third kappa shape index (κ3) is 3.32. The Morgan fingerprint density at radius 3 is 2.40 bits per heavy atom. The molecule has 0 atom stereocenters. The average molecular weight is 304 g/mol. The van der Waals surface area contributed by atoms with Crippen molar-refractivity contribution in [3.63, 3.8) is 0 Å².